The van der Waals surface area contributed by atoms with Gasteiger partial charge < -0.3 is 10.1 Å². The molecule has 0 spiro atoms. The van der Waals surface area contributed by atoms with Crippen LogP contribution in [0, 0.1) is 0 Å². The Labute approximate surface area is 131 Å². The minimum Gasteiger partial charge on any atom is -0.496 e. The third kappa shape index (κ3) is 3.53. The van der Waals surface area contributed by atoms with Crippen LogP contribution >= 0.6 is 11.8 Å². The Morgan fingerprint density at radius 2 is 2.10 bits per heavy atom. The Kier molecular flexibility index (Phi) is 5.04. The van der Waals surface area contributed by atoms with E-state index in [-0.39, 0.29) is 0 Å². The Morgan fingerprint density at radius 1 is 1.19 bits per heavy atom. The van der Waals surface area contributed by atoms with Crippen molar-refractivity contribution in [2.75, 3.05) is 19.4 Å². The van der Waals surface area contributed by atoms with E-state index < -0.39 is 0 Å². The highest BCUT2D eigenvalue weighted by molar-refractivity contribution is 7.99. The summed E-state index contributed by atoms with van der Waals surface area (Å²) in [4.78, 5) is 0. The van der Waals surface area contributed by atoms with Crippen LogP contribution in [-0.4, -0.2) is 24.7 Å². The second-order valence-electron chi connectivity index (χ2n) is 5.59. The van der Waals surface area contributed by atoms with Gasteiger partial charge in [0.05, 0.1) is 7.11 Å². The number of hydrogen-bond acceptors (Lipinski definition) is 3. The second-order valence-corrected chi connectivity index (χ2v) is 7.00. The van der Waals surface area contributed by atoms with E-state index in [1.807, 2.05) is 0 Å². The maximum Gasteiger partial charge on any atom is 0.123 e. The Hall–Kier alpha value is -1.19. The molecule has 3 rings (SSSR count). The van der Waals surface area contributed by atoms with Crippen LogP contribution in [0.3, 0.4) is 0 Å². The summed E-state index contributed by atoms with van der Waals surface area (Å²) < 4.78 is 5.55. The zero-order valence-electron chi connectivity index (χ0n) is 12.6. The van der Waals surface area contributed by atoms with Crippen LogP contribution in [-0.2, 0) is 6.54 Å². The monoisotopic (exact) mass is 301 g/mol. The third-order valence-electron chi connectivity index (χ3n) is 4.17. The van der Waals surface area contributed by atoms with Crippen molar-refractivity contribution < 1.29 is 4.74 Å². The van der Waals surface area contributed by atoms with Gasteiger partial charge in [-0.2, -0.15) is 11.8 Å². The van der Waals surface area contributed by atoms with Crippen molar-refractivity contribution in [1.82, 2.24) is 5.32 Å². The number of hydrogen-bond donors (Lipinski definition) is 1. The highest BCUT2D eigenvalue weighted by atomic mass is 32.2. The van der Waals surface area contributed by atoms with E-state index in [2.05, 4.69) is 53.5 Å². The van der Waals surface area contributed by atoms with Crippen molar-refractivity contribution in [2.45, 2.75) is 31.1 Å². The summed E-state index contributed by atoms with van der Waals surface area (Å²) in [5.41, 5.74) is 1.27. The fraction of sp³-hybridized carbons (Fsp3) is 0.444. The first-order chi connectivity index (χ1) is 10.4. The summed E-state index contributed by atoms with van der Waals surface area (Å²) in [6, 6.07) is 12.7. The molecular weight excluding hydrogens is 278 g/mol. The van der Waals surface area contributed by atoms with Gasteiger partial charge in [-0.1, -0.05) is 36.8 Å². The summed E-state index contributed by atoms with van der Waals surface area (Å²) in [6.07, 6.45) is 4.12. The van der Waals surface area contributed by atoms with Crippen molar-refractivity contribution in [2.24, 2.45) is 0 Å². The van der Waals surface area contributed by atoms with Crippen molar-refractivity contribution in [1.29, 1.82) is 0 Å². The molecule has 0 aromatic heterocycles. The molecule has 1 saturated heterocycles. The van der Waals surface area contributed by atoms with Gasteiger partial charge >= 0.3 is 0 Å². The standard InChI is InChI=1S/C18H23NOS/c1-20-18-10-9-14-6-2-3-8-16(14)17(18)13-19-12-15-7-4-5-11-21-15/h2-3,6,8-10,15,19H,4-5,7,11-13H2,1H3. The van der Waals surface area contributed by atoms with Crippen molar-refractivity contribution in [3.8, 4) is 5.75 Å². The zero-order chi connectivity index (χ0) is 14.5. The van der Waals surface area contributed by atoms with Gasteiger partial charge in [-0.05, 0) is 35.4 Å². The van der Waals surface area contributed by atoms with Gasteiger partial charge in [0, 0.05) is 23.9 Å². The fourth-order valence-electron chi connectivity index (χ4n) is 3.02. The van der Waals surface area contributed by atoms with Gasteiger partial charge in [0.25, 0.3) is 0 Å². The minimum absolute atomic E-state index is 0.778. The van der Waals surface area contributed by atoms with Crippen LogP contribution < -0.4 is 10.1 Å². The number of thioether (sulfide) groups is 1. The lowest BCUT2D eigenvalue weighted by Gasteiger charge is -2.22. The van der Waals surface area contributed by atoms with Crippen molar-refractivity contribution >= 4 is 22.5 Å². The van der Waals surface area contributed by atoms with E-state index in [4.69, 9.17) is 4.74 Å². The average Bonchev–Trinajstić information content (AvgIpc) is 2.56. The molecule has 1 N–H and O–H groups in total. The van der Waals surface area contributed by atoms with Gasteiger partial charge in [0.2, 0.25) is 0 Å². The van der Waals surface area contributed by atoms with Crippen LogP contribution in [0.4, 0.5) is 0 Å². The van der Waals surface area contributed by atoms with Gasteiger partial charge in [-0.3, -0.25) is 0 Å². The van der Waals surface area contributed by atoms with Gasteiger partial charge in [0.15, 0.2) is 0 Å². The van der Waals surface area contributed by atoms with Crippen LogP contribution in [0.15, 0.2) is 36.4 Å². The van der Waals surface area contributed by atoms with Gasteiger partial charge in [0.1, 0.15) is 5.75 Å². The molecule has 0 aliphatic carbocycles. The SMILES string of the molecule is COc1ccc2ccccc2c1CNCC1CCCCS1. The van der Waals surface area contributed by atoms with E-state index in [0.29, 0.717) is 0 Å². The molecule has 1 aliphatic heterocycles. The molecule has 21 heavy (non-hydrogen) atoms. The number of methoxy groups -OCH3 is 1. The highest BCUT2D eigenvalue weighted by Gasteiger charge is 2.14. The number of fused-ring (bicyclic) bond motifs is 1. The summed E-state index contributed by atoms with van der Waals surface area (Å²) in [6.45, 7) is 1.97. The normalized spacial score (nSPS) is 18.8. The zero-order valence-corrected chi connectivity index (χ0v) is 13.4. The number of rotatable bonds is 5. The summed E-state index contributed by atoms with van der Waals surface area (Å²) >= 11 is 2.12. The molecule has 2 aromatic carbocycles. The molecular formula is C18H23NOS. The maximum absolute atomic E-state index is 5.55. The lowest BCUT2D eigenvalue weighted by atomic mass is 10.0. The molecule has 0 radical (unpaired) electrons. The molecule has 2 aromatic rings. The fourth-order valence-corrected chi connectivity index (χ4v) is 4.29. The molecule has 112 valence electrons. The number of nitrogens with one attached hydrogen (secondary N) is 1. The van der Waals surface area contributed by atoms with Crippen molar-refractivity contribution in [3.63, 3.8) is 0 Å². The quantitative estimate of drug-likeness (QED) is 0.893. The Balaban J connectivity index is 1.72. The topological polar surface area (TPSA) is 21.3 Å². The molecule has 1 aliphatic rings. The first-order valence-electron chi connectivity index (χ1n) is 7.75. The first kappa shape index (κ1) is 14.7. The van der Waals surface area contributed by atoms with Crippen LogP contribution in [0.25, 0.3) is 10.8 Å². The highest BCUT2D eigenvalue weighted by Crippen LogP contribution is 2.28. The molecule has 1 heterocycles. The van der Waals surface area contributed by atoms with Crippen molar-refractivity contribution in [3.05, 3.63) is 42.0 Å². The molecule has 0 amide bonds. The predicted octanol–water partition coefficient (Wildman–Crippen LogP) is 4.22. The molecule has 1 unspecified atom stereocenters. The lowest BCUT2D eigenvalue weighted by molar-refractivity contribution is 0.408. The Morgan fingerprint density at radius 3 is 2.90 bits per heavy atom. The lowest BCUT2D eigenvalue weighted by Crippen LogP contribution is -2.26. The maximum atomic E-state index is 5.55. The first-order valence-corrected chi connectivity index (χ1v) is 8.80. The Bertz CT molecular complexity index is 593. The molecule has 2 nitrogen and oxygen atoms in total. The summed E-state index contributed by atoms with van der Waals surface area (Å²) in [7, 11) is 1.75. The van der Waals surface area contributed by atoms with E-state index in [0.717, 1.165) is 24.1 Å². The molecule has 1 fully saturated rings. The van der Waals surface area contributed by atoms with E-state index in [1.165, 1.54) is 41.4 Å². The van der Waals surface area contributed by atoms with Crippen LogP contribution in [0.1, 0.15) is 24.8 Å². The van der Waals surface area contributed by atoms with Gasteiger partial charge in [-0.25, -0.2) is 0 Å². The molecule has 0 saturated carbocycles. The van der Waals surface area contributed by atoms with Crippen LogP contribution in [0.2, 0.25) is 0 Å². The van der Waals surface area contributed by atoms with Gasteiger partial charge in [-0.15, -0.1) is 0 Å². The molecule has 1 atom stereocenters. The third-order valence-corrected chi connectivity index (χ3v) is 5.56. The molecule has 3 heteroatoms. The second kappa shape index (κ2) is 7.19. The van der Waals surface area contributed by atoms with E-state index in [9.17, 15) is 0 Å². The van der Waals surface area contributed by atoms with E-state index >= 15 is 0 Å². The minimum atomic E-state index is 0.778. The van der Waals surface area contributed by atoms with Crippen LogP contribution in [0.5, 0.6) is 5.75 Å². The smallest absolute Gasteiger partial charge is 0.123 e. The summed E-state index contributed by atoms with van der Waals surface area (Å²) in [5, 5.41) is 6.99. The van der Waals surface area contributed by atoms with E-state index in [1.54, 1.807) is 7.11 Å². The largest absolute Gasteiger partial charge is 0.496 e. The predicted molar refractivity (Wildman–Crippen MR) is 92.3 cm³/mol. The summed E-state index contributed by atoms with van der Waals surface area (Å²) in [5.74, 6) is 2.31. The number of benzene rings is 2. The average molecular weight is 301 g/mol. The molecule has 0 bridgehead atoms. The number of ether oxygens (including phenoxy) is 1.